The van der Waals surface area contributed by atoms with Gasteiger partial charge in [0.05, 0.1) is 15.5 Å². The van der Waals surface area contributed by atoms with E-state index in [2.05, 4.69) is 20.7 Å². The summed E-state index contributed by atoms with van der Waals surface area (Å²) < 4.78 is 26.6. The number of hydrogen-bond donors (Lipinski definition) is 2. The minimum Gasteiger partial charge on any atom is -0.354 e. The van der Waals surface area contributed by atoms with Crippen LogP contribution in [-0.2, 0) is 9.84 Å². The topological polar surface area (TPSA) is 124 Å². The van der Waals surface area contributed by atoms with Gasteiger partial charge in [-0.1, -0.05) is 47.6 Å². The molecule has 168 valence electrons. The molecule has 0 aliphatic heterocycles. The van der Waals surface area contributed by atoms with Crippen LogP contribution >= 0.6 is 0 Å². The molecular weight excluding hydrogens is 450 g/mol. The van der Waals surface area contributed by atoms with Crippen LogP contribution < -0.4 is 10.6 Å². The number of sulfone groups is 1. The van der Waals surface area contributed by atoms with Crippen molar-refractivity contribution >= 4 is 38.5 Å². The fourth-order valence-electron chi connectivity index (χ4n) is 3.26. The number of nitrogens with zero attached hydrogens (tertiary/aromatic N) is 3. The summed E-state index contributed by atoms with van der Waals surface area (Å²) in [5, 5.41) is 9.46. The standard InChI is InChI=1S/C25H19N5O3S/c26-30-29-21-15-16-23(24(17-21)34(32,33)22-9-5-2-6-10-22)27-19-11-13-20(14-12-19)28-25(31)18-7-3-1-4-8-18/h1-17,27H,(H,28,31). The number of hydrogen-bond acceptors (Lipinski definition) is 5. The van der Waals surface area contributed by atoms with E-state index >= 15 is 0 Å². The maximum atomic E-state index is 13.3. The summed E-state index contributed by atoms with van der Waals surface area (Å²) in [6.07, 6.45) is 0. The minimum atomic E-state index is -3.89. The van der Waals surface area contributed by atoms with Crippen LogP contribution in [0.2, 0.25) is 0 Å². The molecule has 0 saturated carbocycles. The number of anilines is 3. The lowest BCUT2D eigenvalue weighted by atomic mass is 10.2. The maximum absolute atomic E-state index is 13.3. The van der Waals surface area contributed by atoms with Crippen molar-refractivity contribution in [2.24, 2.45) is 5.11 Å². The fourth-order valence-corrected chi connectivity index (χ4v) is 4.72. The Kier molecular flexibility index (Phi) is 6.59. The van der Waals surface area contributed by atoms with Crippen molar-refractivity contribution in [3.8, 4) is 0 Å². The van der Waals surface area contributed by atoms with Gasteiger partial charge in [0.2, 0.25) is 9.84 Å². The molecule has 0 fully saturated rings. The number of benzene rings is 4. The summed E-state index contributed by atoms with van der Waals surface area (Å²) in [4.78, 5) is 15.2. The van der Waals surface area contributed by atoms with Gasteiger partial charge in [0.25, 0.3) is 5.91 Å². The second kappa shape index (κ2) is 9.91. The molecule has 2 N–H and O–H groups in total. The zero-order valence-electron chi connectivity index (χ0n) is 17.8. The zero-order valence-corrected chi connectivity index (χ0v) is 18.6. The molecule has 34 heavy (non-hydrogen) atoms. The number of carbonyl (C=O) groups excluding carboxylic acids is 1. The molecule has 8 nitrogen and oxygen atoms in total. The monoisotopic (exact) mass is 469 g/mol. The summed E-state index contributed by atoms with van der Waals surface area (Å²) in [6.45, 7) is 0. The first kappa shape index (κ1) is 22.6. The van der Waals surface area contributed by atoms with Crippen molar-refractivity contribution in [3.05, 3.63) is 119 Å². The van der Waals surface area contributed by atoms with Crippen molar-refractivity contribution in [2.75, 3.05) is 10.6 Å². The van der Waals surface area contributed by atoms with Gasteiger partial charge in [-0.05, 0) is 66.2 Å². The summed E-state index contributed by atoms with van der Waals surface area (Å²) in [6, 6.07) is 28.1. The molecule has 0 saturated heterocycles. The van der Waals surface area contributed by atoms with Crippen LogP contribution in [0, 0.1) is 0 Å². The molecule has 0 atom stereocenters. The SMILES string of the molecule is [N-]=[N+]=Nc1ccc(Nc2ccc(NC(=O)c3ccccc3)cc2)c(S(=O)(=O)c2ccccc2)c1. The Labute approximate surface area is 196 Å². The van der Waals surface area contributed by atoms with Crippen molar-refractivity contribution in [2.45, 2.75) is 9.79 Å². The van der Waals surface area contributed by atoms with E-state index in [1.165, 1.54) is 24.3 Å². The normalized spacial score (nSPS) is 10.7. The van der Waals surface area contributed by atoms with E-state index in [4.69, 9.17) is 5.53 Å². The van der Waals surface area contributed by atoms with Gasteiger partial charge in [0.1, 0.15) is 0 Å². The van der Waals surface area contributed by atoms with Crippen LogP contribution in [0.1, 0.15) is 10.4 Å². The number of rotatable bonds is 7. The quantitative estimate of drug-likeness (QED) is 0.183. The molecule has 0 heterocycles. The average molecular weight is 470 g/mol. The van der Waals surface area contributed by atoms with E-state index in [-0.39, 0.29) is 21.4 Å². The third kappa shape index (κ3) is 5.07. The Bertz CT molecular complexity index is 1470. The van der Waals surface area contributed by atoms with Gasteiger partial charge in [0.15, 0.2) is 0 Å². The molecule has 0 bridgehead atoms. The van der Waals surface area contributed by atoms with Crippen LogP contribution in [0.5, 0.6) is 0 Å². The predicted molar refractivity (Wildman–Crippen MR) is 131 cm³/mol. The summed E-state index contributed by atoms with van der Waals surface area (Å²) in [5.74, 6) is -0.230. The van der Waals surface area contributed by atoms with Crippen LogP contribution in [0.4, 0.5) is 22.7 Å². The van der Waals surface area contributed by atoms with Gasteiger partial charge in [-0.25, -0.2) is 8.42 Å². The third-order valence-corrected chi connectivity index (χ3v) is 6.74. The minimum absolute atomic E-state index is 0.0231. The highest BCUT2D eigenvalue weighted by molar-refractivity contribution is 7.91. The van der Waals surface area contributed by atoms with Crippen molar-refractivity contribution in [1.82, 2.24) is 0 Å². The molecule has 0 aromatic heterocycles. The van der Waals surface area contributed by atoms with Crippen LogP contribution in [0.15, 0.2) is 118 Å². The van der Waals surface area contributed by atoms with E-state index in [9.17, 15) is 13.2 Å². The molecule has 0 aliphatic carbocycles. The van der Waals surface area contributed by atoms with Crippen molar-refractivity contribution < 1.29 is 13.2 Å². The highest BCUT2D eigenvalue weighted by atomic mass is 32.2. The van der Waals surface area contributed by atoms with Gasteiger partial charge in [0, 0.05) is 27.5 Å². The molecule has 0 spiro atoms. The maximum Gasteiger partial charge on any atom is 0.255 e. The largest absolute Gasteiger partial charge is 0.354 e. The molecule has 4 rings (SSSR count). The molecule has 9 heteroatoms. The lowest BCUT2D eigenvalue weighted by Crippen LogP contribution is -2.11. The first-order valence-electron chi connectivity index (χ1n) is 10.2. The van der Waals surface area contributed by atoms with E-state index in [0.29, 0.717) is 22.6 Å². The Morgan fingerprint density at radius 1 is 0.794 bits per heavy atom. The second-order valence-corrected chi connectivity index (χ2v) is 9.13. The van der Waals surface area contributed by atoms with Gasteiger partial charge >= 0.3 is 0 Å². The Morgan fingerprint density at radius 3 is 2.06 bits per heavy atom. The van der Waals surface area contributed by atoms with E-state index < -0.39 is 9.84 Å². The lowest BCUT2D eigenvalue weighted by Gasteiger charge is -2.14. The molecular formula is C25H19N5O3S. The van der Waals surface area contributed by atoms with Crippen molar-refractivity contribution in [1.29, 1.82) is 0 Å². The van der Waals surface area contributed by atoms with E-state index in [1.54, 1.807) is 72.8 Å². The van der Waals surface area contributed by atoms with Gasteiger partial charge in [-0.15, -0.1) is 0 Å². The number of azide groups is 1. The summed E-state index contributed by atoms with van der Waals surface area (Å²) >= 11 is 0. The Morgan fingerprint density at radius 2 is 1.41 bits per heavy atom. The van der Waals surface area contributed by atoms with Crippen LogP contribution in [0.25, 0.3) is 10.4 Å². The van der Waals surface area contributed by atoms with Gasteiger partial charge in [-0.2, -0.15) is 0 Å². The van der Waals surface area contributed by atoms with Crippen LogP contribution in [-0.4, -0.2) is 14.3 Å². The molecule has 0 radical (unpaired) electrons. The molecule has 0 aliphatic rings. The third-order valence-electron chi connectivity index (χ3n) is 4.93. The van der Waals surface area contributed by atoms with E-state index in [0.717, 1.165) is 0 Å². The highest BCUT2D eigenvalue weighted by Gasteiger charge is 2.22. The summed E-state index contributed by atoms with van der Waals surface area (Å²) in [5.41, 5.74) is 11.0. The smallest absolute Gasteiger partial charge is 0.255 e. The second-order valence-electron chi connectivity index (χ2n) is 7.21. The molecule has 1 amide bonds. The predicted octanol–water partition coefficient (Wildman–Crippen LogP) is 6.46. The van der Waals surface area contributed by atoms with Crippen LogP contribution in [0.3, 0.4) is 0 Å². The molecule has 4 aromatic rings. The van der Waals surface area contributed by atoms with E-state index in [1.807, 2.05) is 6.07 Å². The lowest BCUT2D eigenvalue weighted by molar-refractivity contribution is 0.102. The van der Waals surface area contributed by atoms with Crippen molar-refractivity contribution in [3.63, 3.8) is 0 Å². The fraction of sp³-hybridized carbons (Fsp3) is 0. The number of carbonyl (C=O) groups is 1. The highest BCUT2D eigenvalue weighted by Crippen LogP contribution is 2.33. The first-order chi connectivity index (χ1) is 16.5. The number of nitrogens with one attached hydrogen (secondary N) is 2. The summed E-state index contributed by atoms with van der Waals surface area (Å²) in [7, 11) is -3.89. The Balaban J connectivity index is 1.61. The molecule has 0 unspecified atom stereocenters. The number of amides is 1. The van der Waals surface area contributed by atoms with Gasteiger partial charge in [-0.3, -0.25) is 4.79 Å². The average Bonchev–Trinajstić information content (AvgIpc) is 2.87. The zero-order chi connectivity index (χ0) is 24.0. The first-order valence-corrected chi connectivity index (χ1v) is 11.7. The van der Waals surface area contributed by atoms with Gasteiger partial charge < -0.3 is 10.6 Å². The Hall–Kier alpha value is -4.59. The molecule has 4 aromatic carbocycles.